The van der Waals surface area contributed by atoms with E-state index in [4.69, 9.17) is 10.5 Å². The molecule has 1 fully saturated rings. The number of ether oxygens (including phenoxy) is 1. The van der Waals surface area contributed by atoms with Gasteiger partial charge in [0.2, 0.25) is 0 Å². The zero-order valence-corrected chi connectivity index (χ0v) is 10.4. The van der Waals surface area contributed by atoms with Gasteiger partial charge in [-0.1, -0.05) is 0 Å². The molecule has 1 aliphatic rings. The van der Waals surface area contributed by atoms with Crippen molar-refractivity contribution in [3.63, 3.8) is 0 Å². The van der Waals surface area contributed by atoms with E-state index in [0.29, 0.717) is 23.9 Å². The normalized spacial score (nSPS) is 23.1. The minimum Gasteiger partial charge on any atom is -0.495 e. The van der Waals surface area contributed by atoms with Crippen LogP contribution in [0.15, 0.2) is 12.1 Å². The van der Waals surface area contributed by atoms with Crippen LogP contribution in [0.25, 0.3) is 0 Å². The largest absolute Gasteiger partial charge is 0.495 e. The van der Waals surface area contributed by atoms with Crippen molar-refractivity contribution in [2.45, 2.75) is 25.4 Å². The summed E-state index contributed by atoms with van der Waals surface area (Å²) in [5.41, 5.74) is 6.29. The van der Waals surface area contributed by atoms with E-state index in [0.717, 1.165) is 19.3 Å². The van der Waals surface area contributed by atoms with Crippen molar-refractivity contribution in [1.29, 1.82) is 0 Å². The Morgan fingerprint density at radius 1 is 1.50 bits per heavy atom. The summed E-state index contributed by atoms with van der Waals surface area (Å²) < 4.78 is 18.7. The van der Waals surface area contributed by atoms with Gasteiger partial charge >= 0.3 is 0 Å². The van der Waals surface area contributed by atoms with E-state index >= 15 is 0 Å². The molecule has 0 aliphatic heterocycles. The molecule has 1 aromatic rings. The van der Waals surface area contributed by atoms with Crippen molar-refractivity contribution in [1.82, 2.24) is 0 Å². The molecule has 4 nitrogen and oxygen atoms in total. The van der Waals surface area contributed by atoms with Gasteiger partial charge in [0.05, 0.1) is 24.6 Å². The zero-order chi connectivity index (χ0) is 13.1. The second kappa shape index (κ2) is 5.44. The summed E-state index contributed by atoms with van der Waals surface area (Å²) in [4.78, 5) is 0. The molecule has 0 saturated heterocycles. The Balaban J connectivity index is 2.00. The SMILES string of the molecule is COc1cc(NCC2CCC(O)C2)c(F)cc1N. The van der Waals surface area contributed by atoms with E-state index in [2.05, 4.69) is 5.32 Å². The van der Waals surface area contributed by atoms with E-state index in [1.165, 1.54) is 13.2 Å². The summed E-state index contributed by atoms with van der Waals surface area (Å²) in [5, 5.41) is 12.5. The van der Waals surface area contributed by atoms with Crippen LogP contribution in [0.4, 0.5) is 15.8 Å². The third-order valence-corrected chi connectivity index (χ3v) is 3.41. The lowest BCUT2D eigenvalue weighted by atomic mass is 10.1. The Morgan fingerprint density at radius 2 is 2.28 bits per heavy atom. The molecule has 2 unspecified atom stereocenters. The van der Waals surface area contributed by atoms with E-state index in [1.807, 2.05) is 0 Å². The average molecular weight is 254 g/mol. The van der Waals surface area contributed by atoms with Crippen LogP contribution in [0.2, 0.25) is 0 Å². The van der Waals surface area contributed by atoms with Crippen LogP contribution in [0, 0.1) is 11.7 Å². The van der Waals surface area contributed by atoms with Crippen molar-refractivity contribution >= 4 is 11.4 Å². The second-order valence-corrected chi connectivity index (χ2v) is 4.79. The Kier molecular flexibility index (Phi) is 3.91. The van der Waals surface area contributed by atoms with Gasteiger partial charge in [-0.15, -0.1) is 0 Å². The van der Waals surface area contributed by atoms with Crippen LogP contribution in [0.1, 0.15) is 19.3 Å². The van der Waals surface area contributed by atoms with Crippen LogP contribution >= 0.6 is 0 Å². The summed E-state index contributed by atoms with van der Waals surface area (Å²) in [6.45, 7) is 0.654. The van der Waals surface area contributed by atoms with Crippen LogP contribution in [-0.4, -0.2) is 24.9 Å². The molecule has 5 heteroatoms. The Bertz CT molecular complexity index is 426. The van der Waals surface area contributed by atoms with Crippen molar-refractivity contribution in [2.24, 2.45) is 5.92 Å². The molecule has 0 spiro atoms. The molecule has 1 aliphatic carbocycles. The van der Waals surface area contributed by atoms with Gasteiger partial charge in [-0.3, -0.25) is 0 Å². The van der Waals surface area contributed by atoms with Crippen molar-refractivity contribution in [3.05, 3.63) is 17.9 Å². The number of nitrogens with one attached hydrogen (secondary N) is 1. The molecule has 18 heavy (non-hydrogen) atoms. The molecule has 2 atom stereocenters. The second-order valence-electron chi connectivity index (χ2n) is 4.79. The fraction of sp³-hybridized carbons (Fsp3) is 0.538. The highest BCUT2D eigenvalue weighted by molar-refractivity contribution is 5.62. The first-order valence-corrected chi connectivity index (χ1v) is 6.15. The molecule has 4 N–H and O–H groups in total. The lowest BCUT2D eigenvalue weighted by molar-refractivity contribution is 0.178. The van der Waals surface area contributed by atoms with Gasteiger partial charge in [-0.25, -0.2) is 4.39 Å². The van der Waals surface area contributed by atoms with Gasteiger partial charge in [0, 0.05) is 18.7 Å². The number of aliphatic hydroxyl groups excluding tert-OH is 1. The Morgan fingerprint density at radius 3 is 2.89 bits per heavy atom. The predicted octanol–water partition coefficient (Wildman–Crippen LogP) is 1.99. The standard InChI is InChI=1S/C13H19FN2O2/c1-18-13-6-12(10(14)5-11(13)15)16-7-8-2-3-9(17)4-8/h5-6,8-9,16-17H,2-4,7,15H2,1H3. The van der Waals surface area contributed by atoms with E-state index in [1.54, 1.807) is 6.07 Å². The summed E-state index contributed by atoms with van der Waals surface area (Å²) >= 11 is 0. The van der Waals surface area contributed by atoms with Gasteiger partial charge in [0.25, 0.3) is 0 Å². The maximum atomic E-state index is 13.7. The number of halogens is 1. The smallest absolute Gasteiger partial charge is 0.148 e. The minimum absolute atomic E-state index is 0.206. The van der Waals surface area contributed by atoms with Crippen molar-refractivity contribution < 1.29 is 14.2 Å². The molecule has 1 aromatic carbocycles. The number of methoxy groups -OCH3 is 1. The molecule has 0 heterocycles. The van der Waals surface area contributed by atoms with Gasteiger partial charge in [-0.2, -0.15) is 0 Å². The first-order valence-electron chi connectivity index (χ1n) is 6.15. The Labute approximate surface area is 106 Å². The lowest BCUT2D eigenvalue weighted by Crippen LogP contribution is -2.13. The van der Waals surface area contributed by atoms with E-state index in [9.17, 15) is 9.50 Å². The topological polar surface area (TPSA) is 67.5 Å². The highest BCUT2D eigenvalue weighted by Crippen LogP contribution is 2.30. The van der Waals surface area contributed by atoms with E-state index in [-0.39, 0.29) is 17.6 Å². The minimum atomic E-state index is -0.383. The van der Waals surface area contributed by atoms with Gasteiger partial charge in [0.1, 0.15) is 11.6 Å². The van der Waals surface area contributed by atoms with Crippen molar-refractivity contribution in [2.75, 3.05) is 24.7 Å². The summed E-state index contributed by atoms with van der Waals surface area (Å²) in [5.74, 6) is 0.472. The van der Waals surface area contributed by atoms with Gasteiger partial charge < -0.3 is 20.9 Å². The summed E-state index contributed by atoms with van der Waals surface area (Å²) in [7, 11) is 1.50. The number of anilines is 2. The molecule has 0 bridgehead atoms. The molecule has 1 saturated carbocycles. The maximum Gasteiger partial charge on any atom is 0.148 e. The highest BCUT2D eigenvalue weighted by atomic mass is 19.1. The number of nitrogen functional groups attached to an aromatic ring is 1. The molecular formula is C13H19FN2O2. The van der Waals surface area contributed by atoms with Gasteiger partial charge in [-0.05, 0) is 25.2 Å². The number of benzene rings is 1. The van der Waals surface area contributed by atoms with Crippen LogP contribution < -0.4 is 15.8 Å². The Hall–Kier alpha value is -1.49. The maximum absolute atomic E-state index is 13.7. The molecule has 0 radical (unpaired) electrons. The fourth-order valence-electron chi connectivity index (χ4n) is 2.37. The van der Waals surface area contributed by atoms with Crippen molar-refractivity contribution in [3.8, 4) is 5.75 Å². The molecule has 0 aromatic heterocycles. The zero-order valence-electron chi connectivity index (χ0n) is 10.4. The summed E-state index contributed by atoms with van der Waals surface area (Å²) in [6, 6.07) is 2.82. The number of rotatable bonds is 4. The average Bonchev–Trinajstić information content (AvgIpc) is 2.74. The third kappa shape index (κ3) is 2.85. The predicted molar refractivity (Wildman–Crippen MR) is 69.2 cm³/mol. The van der Waals surface area contributed by atoms with Gasteiger partial charge in [0.15, 0.2) is 0 Å². The number of nitrogens with two attached hydrogens (primary N) is 1. The van der Waals surface area contributed by atoms with Crippen LogP contribution in [-0.2, 0) is 0 Å². The molecule has 100 valence electrons. The number of hydrogen-bond donors (Lipinski definition) is 3. The highest BCUT2D eigenvalue weighted by Gasteiger charge is 2.22. The third-order valence-electron chi connectivity index (χ3n) is 3.41. The first kappa shape index (κ1) is 13.0. The van der Waals surface area contributed by atoms with Crippen LogP contribution in [0.3, 0.4) is 0 Å². The fourth-order valence-corrected chi connectivity index (χ4v) is 2.37. The first-order chi connectivity index (χ1) is 8.60. The molecular weight excluding hydrogens is 235 g/mol. The van der Waals surface area contributed by atoms with Crippen LogP contribution in [0.5, 0.6) is 5.75 Å². The van der Waals surface area contributed by atoms with E-state index < -0.39 is 0 Å². The molecule has 0 amide bonds. The summed E-state index contributed by atoms with van der Waals surface area (Å²) in [6.07, 6.45) is 2.38. The lowest BCUT2D eigenvalue weighted by Gasteiger charge is -2.14. The number of aliphatic hydroxyl groups is 1. The monoisotopic (exact) mass is 254 g/mol. The quantitative estimate of drug-likeness (QED) is 0.719. The molecule has 2 rings (SSSR count). The number of hydrogen-bond acceptors (Lipinski definition) is 4.